The van der Waals surface area contributed by atoms with Crippen molar-refractivity contribution in [3.05, 3.63) is 29.8 Å². The number of rotatable bonds is 7. The second-order valence-electron chi connectivity index (χ2n) is 4.85. The molecule has 1 aromatic carbocycles. The summed E-state index contributed by atoms with van der Waals surface area (Å²) < 4.78 is 0. The molecule has 0 aliphatic carbocycles. The van der Waals surface area contributed by atoms with Crippen LogP contribution in [0.15, 0.2) is 24.3 Å². The van der Waals surface area contributed by atoms with Gasteiger partial charge >= 0.3 is 0 Å². The average molecular weight is 277 g/mol. The smallest absolute Gasteiger partial charge is 0.251 e. The Balaban J connectivity index is 2.53. The van der Waals surface area contributed by atoms with E-state index in [1.54, 1.807) is 24.3 Å². The first kappa shape index (κ1) is 16.2. The molecule has 0 radical (unpaired) electrons. The van der Waals surface area contributed by atoms with Crippen LogP contribution in [-0.2, 0) is 4.79 Å². The molecule has 0 unspecified atom stereocenters. The maximum absolute atomic E-state index is 11.7. The van der Waals surface area contributed by atoms with Crippen molar-refractivity contribution in [1.82, 2.24) is 10.6 Å². The van der Waals surface area contributed by atoms with E-state index < -0.39 is 0 Å². The zero-order valence-electron chi connectivity index (χ0n) is 12.3. The van der Waals surface area contributed by atoms with Crippen LogP contribution in [0, 0.1) is 0 Å². The van der Waals surface area contributed by atoms with Crippen LogP contribution < -0.4 is 16.0 Å². The van der Waals surface area contributed by atoms with E-state index in [4.69, 9.17) is 0 Å². The lowest BCUT2D eigenvalue weighted by atomic mass is 10.2. The van der Waals surface area contributed by atoms with E-state index in [0.717, 1.165) is 0 Å². The topological polar surface area (TPSA) is 70.2 Å². The molecule has 0 aromatic heterocycles. The molecule has 2 amide bonds. The van der Waals surface area contributed by atoms with E-state index in [1.165, 1.54) is 0 Å². The Bertz CT molecular complexity index is 458. The van der Waals surface area contributed by atoms with Crippen LogP contribution in [0.5, 0.6) is 0 Å². The van der Waals surface area contributed by atoms with Gasteiger partial charge in [-0.25, -0.2) is 0 Å². The standard InChI is InChI=1S/C15H23N3O2/c1-4-16-15(20)12-6-5-7-13(10-12)18-14(19)8-9-17-11(2)3/h5-7,10-11,17H,4,8-9H2,1-3H3,(H,16,20)(H,18,19). The second kappa shape index (κ2) is 8.32. The predicted molar refractivity (Wildman–Crippen MR) is 80.8 cm³/mol. The lowest BCUT2D eigenvalue weighted by Gasteiger charge is -2.09. The summed E-state index contributed by atoms with van der Waals surface area (Å²) in [6.45, 7) is 7.16. The fourth-order valence-electron chi connectivity index (χ4n) is 1.70. The van der Waals surface area contributed by atoms with E-state index in [-0.39, 0.29) is 11.8 Å². The van der Waals surface area contributed by atoms with Gasteiger partial charge < -0.3 is 16.0 Å². The Kier molecular flexibility index (Phi) is 6.73. The van der Waals surface area contributed by atoms with E-state index in [2.05, 4.69) is 16.0 Å². The number of carbonyl (C=O) groups excluding carboxylic acids is 2. The third-order valence-corrected chi connectivity index (χ3v) is 2.65. The summed E-state index contributed by atoms with van der Waals surface area (Å²) in [4.78, 5) is 23.4. The monoisotopic (exact) mass is 277 g/mol. The van der Waals surface area contributed by atoms with Gasteiger partial charge in [0, 0.05) is 36.8 Å². The highest BCUT2D eigenvalue weighted by atomic mass is 16.2. The quantitative estimate of drug-likeness (QED) is 0.711. The van der Waals surface area contributed by atoms with E-state index in [9.17, 15) is 9.59 Å². The van der Waals surface area contributed by atoms with Gasteiger partial charge in [-0.3, -0.25) is 9.59 Å². The molecule has 0 saturated carbocycles. The van der Waals surface area contributed by atoms with Crippen molar-refractivity contribution in [2.24, 2.45) is 0 Å². The zero-order chi connectivity index (χ0) is 15.0. The predicted octanol–water partition coefficient (Wildman–Crippen LogP) is 1.76. The minimum atomic E-state index is -0.134. The molecule has 5 heteroatoms. The molecule has 0 aliphatic heterocycles. The molecule has 110 valence electrons. The van der Waals surface area contributed by atoms with Crippen molar-refractivity contribution in [3.8, 4) is 0 Å². The number of carbonyl (C=O) groups is 2. The first-order valence-electron chi connectivity index (χ1n) is 6.94. The van der Waals surface area contributed by atoms with Crippen molar-refractivity contribution in [2.45, 2.75) is 33.2 Å². The molecule has 1 rings (SSSR count). The van der Waals surface area contributed by atoms with E-state index in [0.29, 0.717) is 36.8 Å². The van der Waals surface area contributed by atoms with Gasteiger partial charge in [-0.15, -0.1) is 0 Å². The lowest BCUT2D eigenvalue weighted by molar-refractivity contribution is -0.116. The second-order valence-corrected chi connectivity index (χ2v) is 4.85. The molecule has 1 aromatic rings. The van der Waals surface area contributed by atoms with Gasteiger partial charge in [0.15, 0.2) is 0 Å². The normalized spacial score (nSPS) is 10.4. The SMILES string of the molecule is CCNC(=O)c1cccc(NC(=O)CCNC(C)C)c1. The van der Waals surface area contributed by atoms with Gasteiger partial charge in [0.25, 0.3) is 5.91 Å². The van der Waals surface area contributed by atoms with Crippen LogP contribution in [-0.4, -0.2) is 30.9 Å². The Morgan fingerprint density at radius 1 is 1.25 bits per heavy atom. The number of hydrogen-bond donors (Lipinski definition) is 3. The molecule has 0 saturated heterocycles. The van der Waals surface area contributed by atoms with Gasteiger partial charge in [0.1, 0.15) is 0 Å². The lowest BCUT2D eigenvalue weighted by Crippen LogP contribution is -2.27. The molecule has 20 heavy (non-hydrogen) atoms. The largest absolute Gasteiger partial charge is 0.352 e. The highest BCUT2D eigenvalue weighted by Gasteiger charge is 2.07. The minimum Gasteiger partial charge on any atom is -0.352 e. The molecule has 5 nitrogen and oxygen atoms in total. The third kappa shape index (κ3) is 5.84. The van der Waals surface area contributed by atoms with Crippen molar-refractivity contribution >= 4 is 17.5 Å². The summed E-state index contributed by atoms with van der Waals surface area (Å²) >= 11 is 0. The highest BCUT2D eigenvalue weighted by molar-refractivity contribution is 5.97. The summed E-state index contributed by atoms with van der Waals surface area (Å²) in [7, 11) is 0. The molecule has 0 heterocycles. The Morgan fingerprint density at radius 2 is 2.00 bits per heavy atom. The van der Waals surface area contributed by atoms with Crippen molar-refractivity contribution in [2.75, 3.05) is 18.4 Å². The Labute approximate surface area is 120 Å². The highest BCUT2D eigenvalue weighted by Crippen LogP contribution is 2.10. The molecule has 0 atom stereocenters. The maximum atomic E-state index is 11.7. The summed E-state index contributed by atoms with van der Waals surface area (Å²) in [6.07, 6.45) is 0.406. The summed E-state index contributed by atoms with van der Waals surface area (Å²) in [5.41, 5.74) is 1.19. The average Bonchev–Trinajstić information content (AvgIpc) is 2.38. The molecule has 0 spiro atoms. The molecule has 0 bridgehead atoms. The van der Waals surface area contributed by atoms with Gasteiger partial charge in [-0.05, 0) is 25.1 Å². The zero-order valence-corrected chi connectivity index (χ0v) is 12.3. The van der Waals surface area contributed by atoms with E-state index in [1.807, 2.05) is 20.8 Å². The Morgan fingerprint density at radius 3 is 2.65 bits per heavy atom. The number of amides is 2. The van der Waals surface area contributed by atoms with Gasteiger partial charge in [-0.2, -0.15) is 0 Å². The van der Waals surface area contributed by atoms with Crippen molar-refractivity contribution in [1.29, 1.82) is 0 Å². The maximum Gasteiger partial charge on any atom is 0.251 e. The van der Waals surface area contributed by atoms with Crippen LogP contribution in [0.2, 0.25) is 0 Å². The fraction of sp³-hybridized carbons (Fsp3) is 0.467. The van der Waals surface area contributed by atoms with Crippen LogP contribution in [0.4, 0.5) is 5.69 Å². The minimum absolute atomic E-state index is 0.0637. The van der Waals surface area contributed by atoms with Crippen molar-refractivity contribution in [3.63, 3.8) is 0 Å². The Hall–Kier alpha value is -1.88. The molecule has 0 fully saturated rings. The molecular formula is C15H23N3O2. The number of anilines is 1. The molecule has 0 aliphatic rings. The molecule has 3 N–H and O–H groups in total. The fourth-order valence-corrected chi connectivity index (χ4v) is 1.70. The number of nitrogens with one attached hydrogen (secondary N) is 3. The first-order chi connectivity index (χ1) is 9.52. The molecular weight excluding hydrogens is 254 g/mol. The van der Waals surface area contributed by atoms with Gasteiger partial charge in [0.05, 0.1) is 0 Å². The summed E-state index contributed by atoms with van der Waals surface area (Å²) in [5.74, 6) is -0.198. The van der Waals surface area contributed by atoms with Crippen LogP contribution in [0.25, 0.3) is 0 Å². The first-order valence-corrected chi connectivity index (χ1v) is 6.94. The van der Waals surface area contributed by atoms with Gasteiger partial charge in [0.2, 0.25) is 5.91 Å². The number of benzene rings is 1. The third-order valence-electron chi connectivity index (χ3n) is 2.65. The van der Waals surface area contributed by atoms with Gasteiger partial charge in [-0.1, -0.05) is 19.9 Å². The summed E-state index contributed by atoms with van der Waals surface area (Å²) in [6, 6.07) is 7.30. The number of hydrogen-bond acceptors (Lipinski definition) is 3. The van der Waals surface area contributed by atoms with Crippen LogP contribution in [0.1, 0.15) is 37.6 Å². The van der Waals surface area contributed by atoms with E-state index >= 15 is 0 Å². The van der Waals surface area contributed by atoms with Crippen LogP contribution in [0.3, 0.4) is 0 Å². The summed E-state index contributed by atoms with van der Waals surface area (Å²) in [5, 5.41) is 8.71. The van der Waals surface area contributed by atoms with Crippen LogP contribution >= 0.6 is 0 Å². The van der Waals surface area contributed by atoms with Crippen molar-refractivity contribution < 1.29 is 9.59 Å².